The van der Waals surface area contributed by atoms with Crippen LogP contribution in [0.3, 0.4) is 0 Å². The van der Waals surface area contributed by atoms with Crippen LogP contribution in [-0.2, 0) is 0 Å². The van der Waals surface area contributed by atoms with Crippen LogP contribution in [0.4, 0.5) is 14.5 Å². The summed E-state index contributed by atoms with van der Waals surface area (Å²) in [6, 6.07) is 5.98. The Bertz CT molecular complexity index is 736. The van der Waals surface area contributed by atoms with Crippen LogP contribution in [0.25, 0.3) is 0 Å². The summed E-state index contributed by atoms with van der Waals surface area (Å²) in [5.41, 5.74) is -0.741. The normalized spacial score (nSPS) is 10.4. The van der Waals surface area contributed by atoms with Gasteiger partial charge in [0.25, 0.3) is 5.69 Å². The molecule has 0 aliphatic rings. The number of hydrogen-bond donors (Lipinski definition) is 1. The van der Waals surface area contributed by atoms with Crippen molar-refractivity contribution in [3.05, 3.63) is 63.7 Å². The van der Waals surface area contributed by atoms with Gasteiger partial charge in [-0.05, 0) is 30.3 Å². The fourth-order valence-electron chi connectivity index (χ4n) is 1.55. The van der Waals surface area contributed by atoms with E-state index in [9.17, 15) is 23.7 Å². The molecule has 2 rings (SSSR count). The molecule has 0 radical (unpaired) electrons. The van der Waals surface area contributed by atoms with E-state index < -0.39 is 28.2 Å². The standard InChI is InChI=1S/C13H7F2NO4S/c14-8-2-3-9(15)12(6-8)21-11-4-1-7(13(17)18)5-10(11)16(19)20/h1-6H,(H,17,18). The van der Waals surface area contributed by atoms with Gasteiger partial charge in [0.1, 0.15) is 11.6 Å². The van der Waals surface area contributed by atoms with Gasteiger partial charge in [0.2, 0.25) is 0 Å². The zero-order valence-corrected chi connectivity index (χ0v) is 11.1. The Labute approximate surface area is 121 Å². The summed E-state index contributed by atoms with van der Waals surface area (Å²) in [4.78, 5) is 20.9. The van der Waals surface area contributed by atoms with Crippen LogP contribution in [-0.4, -0.2) is 16.0 Å². The van der Waals surface area contributed by atoms with Gasteiger partial charge in [0, 0.05) is 6.07 Å². The zero-order chi connectivity index (χ0) is 15.6. The predicted molar refractivity (Wildman–Crippen MR) is 70.5 cm³/mol. The zero-order valence-electron chi connectivity index (χ0n) is 10.2. The van der Waals surface area contributed by atoms with Gasteiger partial charge in [0.05, 0.1) is 20.3 Å². The number of halogens is 2. The first kappa shape index (κ1) is 14.9. The van der Waals surface area contributed by atoms with Crippen LogP contribution in [0.2, 0.25) is 0 Å². The van der Waals surface area contributed by atoms with Gasteiger partial charge < -0.3 is 5.11 Å². The lowest BCUT2D eigenvalue weighted by atomic mass is 10.2. The van der Waals surface area contributed by atoms with E-state index in [1.54, 1.807) is 0 Å². The van der Waals surface area contributed by atoms with Gasteiger partial charge in [-0.15, -0.1) is 0 Å². The van der Waals surface area contributed by atoms with Gasteiger partial charge in [-0.2, -0.15) is 0 Å². The molecule has 0 spiro atoms. The summed E-state index contributed by atoms with van der Waals surface area (Å²) in [5, 5.41) is 19.8. The Morgan fingerprint density at radius 3 is 2.48 bits per heavy atom. The lowest BCUT2D eigenvalue weighted by Gasteiger charge is -2.05. The molecular formula is C13H7F2NO4S. The maximum absolute atomic E-state index is 13.5. The monoisotopic (exact) mass is 311 g/mol. The molecule has 2 aromatic rings. The highest BCUT2D eigenvalue weighted by atomic mass is 32.2. The summed E-state index contributed by atoms with van der Waals surface area (Å²) < 4.78 is 26.6. The van der Waals surface area contributed by atoms with E-state index in [-0.39, 0.29) is 15.4 Å². The van der Waals surface area contributed by atoms with Crippen molar-refractivity contribution in [2.24, 2.45) is 0 Å². The summed E-state index contributed by atoms with van der Waals surface area (Å²) in [6.45, 7) is 0. The Balaban J connectivity index is 2.46. The lowest BCUT2D eigenvalue weighted by Crippen LogP contribution is -1.99. The smallest absolute Gasteiger partial charge is 0.335 e. The quantitative estimate of drug-likeness (QED) is 0.687. The van der Waals surface area contributed by atoms with Gasteiger partial charge in [-0.3, -0.25) is 10.1 Å². The second-order valence-electron chi connectivity index (χ2n) is 3.92. The van der Waals surface area contributed by atoms with E-state index in [2.05, 4.69) is 0 Å². The molecule has 0 aliphatic heterocycles. The van der Waals surface area contributed by atoms with Crippen LogP contribution in [0.1, 0.15) is 10.4 Å². The Kier molecular flexibility index (Phi) is 4.18. The molecule has 0 atom stereocenters. The van der Waals surface area contributed by atoms with E-state index in [1.165, 1.54) is 6.07 Å². The number of nitro groups is 1. The first-order chi connectivity index (χ1) is 9.88. The molecule has 0 aliphatic carbocycles. The van der Waals surface area contributed by atoms with Crippen molar-refractivity contribution in [2.45, 2.75) is 9.79 Å². The molecule has 0 aromatic heterocycles. The van der Waals surface area contributed by atoms with Crippen LogP contribution >= 0.6 is 11.8 Å². The number of aromatic carboxylic acids is 1. The average molecular weight is 311 g/mol. The summed E-state index contributed by atoms with van der Waals surface area (Å²) >= 11 is 0.654. The van der Waals surface area contributed by atoms with Crippen LogP contribution in [0.5, 0.6) is 0 Å². The van der Waals surface area contributed by atoms with E-state index in [0.29, 0.717) is 11.8 Å². The molecule has 0 fully saturated rings. The highest BCUT2D eigenvalue weighted by Crippen LogP contribution is 2.36. The highest BCUT2D eigenvalue weighted by molar-refractivity contribution is 7.99. The molecule has 0 saturated carbocycles. The Morgan fingerprint density at radius 1 is 1.14 bits per heavy atom. The number of hydrogen-bond acceptors (Lipinski definition) is 4. The van der Waals surface area contributed by atoms with E-state index in [4.69, 9.17) is 5.11 Å². The van der Waals surface area contributed by atoms with Gasteiger partial charge in [-0.1, -0.05) is 11.8 Å². The molecule has 1 N–H and O–H groups in total. The fraction of sp³-hybridized carbons (Fsp3) is 0. The molecular weight excluding hydrogens is 304 g/mol. The van der Waals surface area contributed by atoms with Gasteiger partial charge in [-0.25, -0.2) is 13.6 Å². The van der Waals surface area contributed by atoms with Crippen molar-refractivity contribution in [2.75, 3.05) is 0 Å². The number of rotatable bonds is 4. The predicted octanol–water partition coefficient (Wildman–Crippen LogP) is 3.72. The number of carboxylic acids is 1. The summed E-state index contributed by atoms with van der Waals surface area (Å²) in [7, 11) is 0. The van der Waals surface area contributed by atoms with Crippen molar-refractivity contribution in [3.8, 4) is 0 Å². The second kappa shape index (κ2) is 5.88. The number of nitrogens with zero attached hydrogens (tertiary/aromatic N) is 1. The van der Waals surface area contributed by atoms with Crippen molar-refractivity contribution in [1.29, 1.82) is 0 Å². The number of carbonyl (C=O) groups is 1. The highest BCUT2D eigenvalue weighted by Gasteiger charge is 2.19. The third-order valence-electron chi connectivity index (χ3n) is 2.52. The van der Waals surface area contributed by atoms with Crippen molar-refractivity contribution in [3.63, 3.8) is 0 Å². The van der Waals surface area contributed by atoms with Crippen molar-refractivity contribution >= 4 is 23.4 Å². The first-order valence-corrected chi connectivity index (χ1v) is 6.35. The van der Waals surface area contributed by atoms with Crippen molar-refractivity contribution < 1.29 is 23.6 Å². The van der Waals surface area contributed by atoms with E-state index in [0.717, 1.165) is 30.3 Å². The SMILES string of the molecule is O=C(O)c1ccc(Sc2cc(F)ccc2F)c([N+](=O)[O-])c1. The maximum atomic E-state index is 13.5. The van der Waals surface area contributed by atoms with E-state index >= 15 is 0 Å². The topological polar surface area (TPSA) is 80.4 Å². The third-order valence-corrected chi connectivity index (χ3v) is 3.61. The van der Waals surface area contributed by atoms with Crippen LogP contribution < -0.4 is 0 Å². The van der Waals surface area contributed by atoms with E-state index in [1.807, 2.05) is 0 Å². The Hall–Kier alpha value is -2.48. The number of nitro benzene ring substituents is 1. The molecule has 0 unspecified atom stereocenters. The first-order valence-electron chi connectivity index (χ1n) is 5.53. The molecule has 0 saturated heterocycles. The molecule has 5 nitrogen and oxygen atoms in total. The summed E-state index contributed by atoms with van der Waals surface area (Å²) in [5.74, 6) is -2.71. The molecule has 21 heavy (non-hydrogen) atoms. The fourth-order valence-corrected chi connectivity index (χ4v) is 2.50. The van der Waals surface area contributed by atoms with Crippen molar-refractivity contribution in [1.82, 2.24) is 0 Å². The minimum absolute atomic E-state index is 0.0227. The lowest BCUT2D eigenvalue weighted by molar-refractivity contribution is -0.387. The Morgan fingerprint density at radius 2 is 1.86 bits per heavy atom. The number of benzene rings is 2. The maximum Gasteiger partial charge on any atom is 0.335 e. The minimum Gasteiger partial charge on any atom is -0.478 e. The molecule has 8 heteroatoms. The largest absolute Gasteiger partial charge is 0.478 e. The minimum atomic E-state index is -1.31. The molecule has 0 amide bonds. The van der Waals surface area contributed by atoms with Gasteiger partial charge >= 0.3 is 5.97 Å². The average Bonchev–Trinajstić information content (AvgIpc) is 2.42. The molecule has 0 heterocycles. The molecule has 0 bridgehead atoms. The third kappa shape index (κ3) is 3.34. The second-order valence-corrected chi connectivity index (χ2v) is 5.01. The molecule has 2 aromatic carbocycles. The number of carboxylic acid groups (broad SMARTS) is 1. The van der Waals surface area contributed by atoms with Crippen LogP contribution in [0.15, 0.2) is 46.2 Å². The summed E-state index contributed by atoms with van der Waals surface area (Å²) in [6.07, 6.45) is 0. The van der Waals surface area contributed by atoms with Gasteiger partial charge in [0.15, 0.2) is 0 Å². The van der Waals surface area contributed by atoms with Crippen LogP contribution in [0, 0.1) is 21.7 Å². The molecule has 108 valence electrons.